The van der Waals surface area contributed by atoms with Crippen molar-refractivity contribution in [2.45, 2.75) is 19.5 Å². The van der Waals surface area contributed by atoms with Crippen LogP contribution in [0.1, 0.15) is 42.9 Å². The van der Waals surface area contributed by atoms with Gasteiger partial charge in [0.05, 0.1) is 12.8 Å². The summed E-state index contributed by atoms with van der Waals surface area (Å²) in [5, 5.41) is 3.77. The van der Waals surface area contributed by atoms with E-state index >= 15 is 0 Å². The monoisotopic (exact) mass is 568 g/mol. The van der Waals surface area contributed by atoms with Crippen LogP contribution in [-0.4, -0.2) is 34.2 Å². The molecule has 0 aliphatic heterocycles. The number of anilines is 2. The number of hydrogen-bond donors (Lipinski definition) is 4. The molecule has 0 unspecified atom stereocenters. The van der Waals surface area contributed by atoms with Crippen LogP contribution in [0, 0.1) is 6.92 Å². The number of primary amides is 1. The van der Waals surface area contributed by atoms with Gasteiger partial charge in [-0.2, -0.15) is 4.37 Å². The fourth-order valence-corrected chi connectivity index (χ4v) is 5.43. The van der Waals surface area contributed by atoms with Crippen LogP contribution in [0.15, 0.2) is 79.0 Å². The summed E-state index contributed by atoms with van der Waals surface area (Å²) in [4.78, 5) is 45.0. The highest BCUT2D eigenvalue weighted by Crippen LogP contribution is 2.37. The van der Waals surface area contributed by atoms with Gasteiger partial charge in [-0.3, -0.25) is 19.3 Å². The predicted molar refractivity (Wildman–Crippen MR) is 159 cm³/mol. The lowest BCUT2D eigenvalue weighted by molar-refractivity contribution is -0.122. The number of benzene rings is 3. The Balaban J connectivity index is 1.64. The highest BCUT2D eigenvalue weighted by molar-refractivity contribution is 7.09. The molecule has 5 rings (SSSR count). The molecule has 208 valence electrons. The van der Waals surface area contributed by atoms with Gasteiger partial charge >= 0.3 is 0 Å². The number of H-pyrrole nitrogens is 1. The molecule has 3 amide bonds. The van der Waals surface area contributed by atoms with Gasteiger partial charge in [-0.05, 0) is 53.8 Å². The first-order valence-corrected chi connectivity index (χ1v) is 13.5. The van der Waals surface area contributed by atoms with E-state index in [1.807, 2.05) is 67.6 Å². The number of rotatable bonds is 9. The lowest BCUT2D eigenvalue weighted by atomic mass is 10.0. The number of nitrogen functional groups attached to an aromatic ring is 1. The molecule has 3 aromatic carbocycles. The van der Waals surface area contributed by atoms with Crippen LogP contribution < -0.4 is 26.4 Å². The number of aromatic nitrogens is 2. The molecule has 0 fully saturated rings. The lowest BCUT2D eigenvalue weighted by Crippen LogP contribution is -2.44. The van der Waals surface area contributed by atoms with Crippen molar-refractivity contribution < 1.29 is 19.1 Å². The Labute approximate surface area is 240 Å². The molecule has 2 aromatic heterocycles. The van der Waals surface area contributed by atoms with Gasteiger partial charge < -0.3 is 26.5 Å². The van der Waals surface area contributed by atoms with Gasteiger partial charge in [0.2, 0.25) is 5.91 Å². The number of carbonyl (C=O) groups excluding carboxylic acids is 3. The van der Waals surface area contributed by atoms with Crippen molar-refractivity contribution in [2.24, 2.45) is 5.73 Å². The molecular weight excluding hydrogens is 540 g/mol. The zero-order valence-electron chi connectivity index (χ0n) is 22.4. The van der Waals surface area contributed by atoms with E-state index < -0.39 is 23.8 Å². The van der Waals surface area contributed by atoms with Crippen LogP contribution in [0.2, 0.25) is 0 Å². The average Bonchev–Trinajstić information content (AvgIpc) is 3.58. The second-order valence-electron chi connectivity index (χ2n) is 9.36. The molecule has 10 nitrogen and oxygen atoms in total. The molecule has 0 aliphatic carbocycles. The number of nitrogens with zero attached hydrogens (tertiary/aromatic N) is 2. The maximum Gasteiger partial charge on any atom is 0.273 e. The fraction of sp³-hybridized carbons (Fsp3) is 0.133. The second kappa shape index (κ2) is 11.5. The van der Waals surface area contributed by atoms with E-state index in [4.69, 9.17) is 16.2 Å². The molecule has 11 heteroatoms. The Bertz CT molecular complexity index is 1740. The number of ether oxygens (including phenoxy) is 1. The zero-order valence-corrected chi connectivity index (χ0v) is 23.2. The number of hydrogen-bond acceptors (Lipinski definition) is 7. The Kier molecular flexibility index (Phi) is 7.70. The summed E-state index contributed by atoms with van der Waals surface area (Å²) in [6, 6.07) is 21.0. The van der Waals surface area contributed by atoms with Crippen molar-refractivity contribution in [3.8, 4) is 5.75 Å². The number of nitrogens with two attached hydrogens (primary N) is 2. The molecule has 41 heavy (non-hydrogen) atoms. The fourth-order valence-electron chi connectivity index (χ4n) is 4.68. The maximum atomic E-state index is 14.3. The summed E-state index contributed by atoms with van der Waals surface area (Å²) in [5.41, 5.74) is 14.8. The highest BCUT2D eigenvalue weighted by atomic mass is 32.1. The molecule has 5 aromatic rings. The number of amides is 3. The number of carbonyl (C=O) groups is 3. The SMILES string of the molecule is COc1ccc(CNC(=O)[C@@H](c2c[nH]c3ccccc23)N(C(=O)c2snc(C(N)=O)c2N)c2ccccc2C)cc1. The molecule has 0 radical (unpaired) electrons. The van der Waals surface area contributed by atoms with Crippen LogP contribution >= 0.6 is 11.5 Å². The Morgan fingerprint density at radius 1 is 1.05 bits per heavy atom. The molecule has 6 N–H and O–H groups in total. The van der Waals surface area contributed by atoms with E-state index in [2.05, 4.69) is 14.7 Å². The van der Waals surface area contributed by atoms with Crippen molar-refractivity contribution in [2.75, 3.05) is 17.7 Å². The lowest BCUT2D eigenvalue weighted by Gasteiger charge is -2.32. The van der Waals surface area contributed by atoms with Gasteiger partial charge in [0.25, 0.3) is 11.8 Å². The minimum atomic E-state index is -1.11. The zero-order chi connectivity index (χ0) is 29.1. The quantitative estimate of drug-likeness (QED) is 0.207. The van der Waals surface area contributed by atoms with E-state index in [0.29, 0.717) is 17.0 Å². The molecule has 0 bridgehead atoms. The van der Waals surface area contributed by atoms with E-state index in [0.717, 1.165) is 33.6 Å². The molecule has 0 saturated heterocycles. The third-order valence-corrected chi connectivity index (χ3v) is 7.65. The summed E-state index contributed by atoms with van der Waals surface area (Å²) in [7, 11) is 1.59. The van der Waals surface area contributed by atoms with Crippen molar-refractivity contribution >= 4 is 51.5 Å². The van der Waals surface area contributed by atoms with Crippen LogP contribution in [0.5, 0.6) is 5.75 Å². The predicted octanol–water partition coefficient (Wildman–Crippen LogP) is 4.33. The third kappa shape index (κ3) is 5.35. The summed E-state index contributed by atoms with van der Waals surface area (Å²) in [5.74, 6) is -1.15. The molecule has 0 saturated carbocycles. The molecule has 0 aliphatic rings. The number of aryl methyl sites for hydroxylation is 1. The standard InChI is InChI=1S/C30H28N6O4S/c1-17-7-3-6-10-23(17)36(30(39)27-24(31)25(28(32)37)35-41-27)26(21-16-33-22-9-5-4-8-20(21)22)29(38)34-15-18-11-13-19(40-2)14-12-18/h3-14,16,26,33H,15,31H2,1-2H3,(H2,32,37)(H,34,38)/t26-/m1/s1. The van der Waals surface area contributed by atoms with Gasteiger partial charge in [-0.15, -0.1) is 0 Å². The van der Waals surface area contributed by atoms with Gasteiger partial charge in [0.1, 0.15) is 16.7 Å². The minimum absolute atomic E-state index is 0.00912. The van der Waals surface area contributed by atoms with Crippen molar-refractivity contribution in [1.29, 1.82) is 0 Å². The number of fused-ring (bicyclic) bond motifs is 1. The van der Waals surface area contributed by atoms with E-state index in [9.17, 15) is 14.4 Å². The third-order valence-electron chi connectivity index (χ3n) is 6.80. The normalized spacial score (nSPS) is 11.7. The van der Waals surface area contributed by atoms with Crippen LogP contribution in [0.25, 0.3) is 10.9 Å². The number of methoxy groups -OCH3 is 1. The van der Waals surface area contributed by atoms with E-state index in [-0.39, 0.29) is 22.8 Å². The van der Waals surface area contributed by atoms with Gasteiger partial charge in [0, 0.05) is 34.9 Å². The topological polar surface area (TPSA) is 156 Å². The first-order valence-electron chi connectivity index (χ1n) is 12.7. The van der Waals surface area contributed by atoms with E-state index in [1.165, 1.54) is 4.90 Å². The molecule has 0 spiro atoms. The number of nitrogens with one attached hydrogen (secondary N) is 2. The molecular formula is C30H28N6O4S. The summed E-state index contributed by atoms with van der Waals surface area (Å²) >= 11 is 0.767. The second-order valence-corrected chi connectivity index (χ2v) is 10.1. The average molecular weight is 569 g/mol. The Morgan fingerprint density at radius 3 is 2.44 bits per heavy atom. The van der Waals surface area contributed by atoms with Crippen molar-refractivity contribution in [3.63, 3.8) is 0 Å². The van der Waals surface area contributed by atoms with Crippen LogP contribution in [-0.2, 0) is 11.3 Å². The van der Waals surface area contributed by atoms with Crippen LogP contribution in [0.4, 0.5) is 11.4 Å². The summed E-state index contributed by atoms with van der Waals surface area (Å²) in [6.07, 6.45) is 1.73. The van der Waals surface area contributed by atoms with Crippen molar-refractivity contribution in [3.05, 3.63) is 106 Å². The first-order chi connectivity index (χ1) is 19.8. The van der Waals surface area contributed by atoms with Crippen molar-refractivity contribution in [1.82, 2.24) is 14.7 Å². The summed E-state index contributed by atoms with van der Waals surface area (Å²) in [6.45, 7) is 2.06. The highest BCUT2D eigenvalue weighted by Gasteiger charge is 2.37. The number of aromatic amines is 1. The maximum absolute atomic E-state index is 14.3. The van der Waals surface area contributed by atoms with Gasteiger partial charge in [0.15, 0.2) is 5.69 Å². The summed E-state index contributed by atoms with van der Waals surface area (Å²) < 4.78 is 9.25. The smallest absolute Gasteiger partial charge is 0.273 e. The Morgan fingerprint density at radius 2 is 1.76 bits per heavy atom. The van der Waals surface area contributed by atoms with Gasteiger partial charge in [-0.25, -0.2) is 0 Å². The molecule has 2 heterocycles. The van der Waals surface area contributed by atoms with Crippen LogP contribution in [0.3, 0.4) is 0 Å². The van der Waals surface area contributed by atoms with E-state index in [1.54, 1.807) is 25.4 Å². The minimum Gasteiger partial charge on any atom is -0.497 e. The molecule has 1 atom stereocenters. The first kappa shape index (κ1) is 27.4. The number of para-hydroxylation sites is 2. The van der Waals surface area contributed by atoms with Gasteiger partial charge in [-0.1, -0.05) is 48.5 Å². The largest absolute Gasteiger partial charge is 0.497 e. The Hall–Kier alpha value is -5.16.